The van der Waals surface area contributed by atoms with Crippen molar-refractivity contribution in [3.63, 3.8) is 0 Å². The van der Waals surface area contributed by atoms with E-state index in [2.05, 4.69) is 17.8 Å². The Kier molecular flexibility index (Phi) is 4.36. The van der Waals surface area contributed by atoms with Crippen molar-refractivity contribution in [2.24, 2.45) is 4.99 Å². The third kappa shape index (κ3) is 3.10. The monoisotopic (exact) mass is 342 g/mol. The minimum absolute atomic E-state index is 0.375. The van der Waals surface area contributed by atoms with Crippen LogP contribution in [0.25, 0.3) is 0 Å². The van der Waals surface area contributed by atoms with Crippen LogP contribution in [0.15, 0.2) is 53.5 Å². The second-order valence-corrected chi connectivity index (χ2v) is 7.41. The fourth-order valence-electron chi connectivity index (χ4n) is 2.66. The number of aliphatic imine (C=N–C) groups is 1. The molecule has 1 aliphatic rings. The highest BCUT2D eigenvalue weighted by atomic mass is 16.5. The van der Waals surface area contributed by atoms with Crippen molar-refractivity contribution in [3.05, 3.63) is 70.8 Å². The molecule has 3 nitrogen and oxygen atoms in total. The Morgan fingerprint density at radius 1 is 0.846 bits per heavy atom. The molecular formula is C23H22N2O. The van der Waals surface area contributed by atoms with E-state index in [1.807, 2.05) is 76.2 Å². The molecule has 0 amide bonds. The van der Waals surface area contributed by atoms with E-state index in [9.17, 15) is 5.21 Å². The van der Waals surface area contributed by atoms with Crippen molar-refractivity contribution < 1.29 is 5.21 Å². The summed E-state index contributed by atoms with van der Waals surface area (Å²) in [5, 5.41) is 11.8. The summed E-state index contributed by atoms with van der Waals surface area (Å²) in [6.45, 7) is 8.01. The lowest BCUT2D eigenvalue weighted by molar-refractivity contribution is -0.0992. The van der Waals surface area contributed by atoms with Crippen LogP contribution in [0, 0.1) is 24.2 Å². The second kappa shape index (κ2) is 6.37. The highest BCUT2D eigenvalue weighted by molar-refractivity contribution is 6.00. The van der Waals surface area contributed by atoms with Gasteiger partial charge in [0, 0.05) is 22.3 Å². The Bertz CT molecular complexity index is 946. The number of benzene rings is 2. The molecule has 0 atom stereocenters. The van der Waals surface area contributed by atoms with E-state index in [-0.39, 0.29) is 5.54 Å². The smallest absolute Gasteiger partial charge is 0.156 e. The third-order valence-electron chi connectivity index (χ3n) is 5.16. The first kappa shape index (κ1) is 17.8. The van der Waals surface area contributed by atoms with E-state index in [4.69, 9.17) is 11.4 Å². The third-order valence-corrected chi connectivity index (χ3v) is 5.16. The Hall–Kier alpha value is -3.01. The van der Waals surface area contributed by atoms with E-state index in [1.54, 1.807) is 0 Å². The standard InChI is InChI=1S/C23H22N2O/c1-6-17-7-9-18(10-8-17)11-12-19-13-15-20(16-14-19)21-24-22(2,3)23(4,5)25(21)26/h1,7-10,13-16,26H,2-5H3. The molecule has 0 unspecified atom stereocenters. The Morgan fingerprint density at radius 2 is 1.31 bits per heavy atom. The Morgan fingerprint density at radius 3 is 1.73 bits per heavy atom. The molecule has 0 saturated carbocycles. The summed E-state index contributed by atoms with van der Waals surface area (Å²) in [5.41, 5.74) is 2.69. The Balaban J connectivity index is 1.82. The Labute approximate surface area is 155 Å². The maximum atomic E-state index is 10.5. The fourth-order valence-corrected chi connectivity index (χ4v) is 2.66. The molecule has 1 heterocycles. The van der Waals surface area contributed by atoms with Crippen molar-refractivity contribution in [2.75, 3.05) is 0 Å². The van der Waals surface area contributed by atoms with E-state index in [0.29, 0.717) is 5.84 Å². The van der Waals surface area contributed by atoms with Gasteiger partial charge >= 0.3 is 0 Å². The average Bonchev–Trinajstić information content (AvgIpc) is 2.80. The lowest BCUT2D eigenvalue weighted by atomic mass is 9.84. The van der Waals surface area contributed by atoms with Crippen LogP contribution < -0.4 is 0 Å². The summed E-state index contributed by atoms with van der Waals surface area (Å²) in [7, 11) is 0. The molecule has 0 spiro atoms. The molecule has 130 valence electrons. The molecule has 0 bridgehead atoms. The molecule has 26 heavy (non-hydrogen) atoms. The number of hydrogen-bond donors (Lipinski definition) is 1. The summed E-state index contributed by atoms with van der Waals surface area (Å²) >= 11 is 0. The first-order valence-corrected chi connectivity index (χ1v) is 8.53. The number of hydrogen-bond acceptors (Lipinski definition) is 3. The molecule has 0 aromatic heterocycles. The first-order valence-electron chi connectivity index (χ1n) is 8.53. The van der Waals surface area contributed by atoms with Gasteiger partial charge in [0.2, 0.25) is 0 Å². The van der Waals surface area contributed by atoms with Crippen molar-refractivity contribution in [1.82, 2.24) is 5.06 Å². The summed E-state index contributed by atoms with van der Waals surface area (Å²) in [6, 6.07) is 15.3. The van der Waals surface area contributed by atoms with E-state index in [1.165, 1.54) is 5.06 Å². The topological polar surface area (TPSA) is 35.8 Å². The van der Waals surface area contributed by atoms with Crippen LogP contribution in [0.3, 0.4) is 0 Å². The van der Waals surface area contributed by atoms with Gasteiger partial charge < -0.3 is 0 Å². The fraction of sp³-hybridized carbons (Fsp3) is 0.261. The van der Waals surface area contributed by atoms with E-state index >= 15 is 0 Å². The molecular weight excluding hydrogens is 320 g/mol. The summed E-state index contributed by atoms with van der Waals surface area (Å²) in [6.07, 6.45) is 5.36. The van der Waals surface area contributed by atoms with Gasteiger partial charge in [-0.3, -0.25) is 10.2 Å². The zero-order chi connectivity index (χ0) is 18.9. The molecule has 1 N–H and O–H groups in total. The molecule has 2 aromatic rings. The van der Waals surface area contributed by atoms with Crippen LogP contribution in [0.2, 0.25) is 0 Å². The predicted molar refractivity (Wildman–Crippen MR) is 105 cm³/mol. The summed E-state index contributed by atoms with van der Waals surface area (Å²) in [4.78, 5) is 4.70. The van der Waals surface area contributed by atoms with Crippen LogP contribution in [0.4, 0.5) is 0 Å². The van der Waals surface area contributed by atoms with Crippen LogP contribution in [0.5, 0.6) is 0 Å². The quantitative estimate of drug-likeness (QED) is 0.793. The van der Waals surface area contributed by atoms with E-state index in [0.717, 1.165) is 22.3 Å². The van der Waals surface area contributed by atoms with Crippen molar-refractivity contribution >= 4 is 5.84 Å². The molecule has 0 fully saturated rings. The van der Waals surface area contributed by atoms with Crippen molar-refractivity contribution in [3.8, 4) is 24.2 Å². The number of rotatable bonds is 1. The molecule has 1 aliphatic heterocycles. The second-order valence-electron chi connectivity index (χ2n) is 7.41. The van der Waals surface area contributed by atoms with Crippen LogP contribution in [-0.4, -0.2) is 27.2 Å². The van der Waals surface area contributed by atoms with E-state index < -0.39 is 5.54 Å². The molecule has 3 heteroatoms. The zero-order valence-corrected chi connectivity index (χ0v) is 15.5. The summed E-state index contributed by atoms with van der Waals surface area (Å²) < 4.78 is 0. The van der Waals surface area contributed by atoms with Crippen molar-refractivity contribution in [2.45, 2.75) is 38.8 Å². The maximum Gasteiger partial charge on any atom is 0.156 e. The van der Waals surface area contributed by atoms with Gasteiger partial charge in [0.15, 0.2) is 5.84 Å². The minimum Gasteiger partial charge on any atom is -0.286 e. The van der Waals surface area contributed by atoms with Gasteiger partial charge in [-0.25, -0.2) is 5.06 Å². The first-order chi connectivity index (χ1) is 12.2. The van der Waals surface area contributed by atoms with Gasteiger partial charge in [-0.1, -0.05) is 17.8 Å². The van der Waals surface area contributed by atoms with Gasteiger partial charge in [-0.15, -0.1) is 6.42 Å². The molecule has 2 aromatic carbocycles. The SMILES string of the molecule is C#Cc1ccc(C#Cc2ccc(C3=NC(C)(C)C(C)(C)N3O)cc2)cc1. The summed E-state index contributed by atoms with van der Waals surface area (Å²) in [5.74, 6) is 9.45. The number of amidine groups is 1. The molecule has 0 saturated heterocycles. The highest BCUT2D eigenvalue weighted by Gasteiger charge is 2.49. The van der Waals surface area contributed by atoms with Crippen LogP contribution >= 0.6 is 0 Å². The number of terminal acetylenes is 1. The van der Waals surface area contributed by atoms with Gasteiger partial charge in [-0.2, -0.15) is 0 Å². The van der Waals surface area contributed by atoms with Crippen LogP contribution in [0.1, 0.15) is 49.9 Å². The number of hydroxylamine groups is 2. The van der Waals surface area contributed by atoms with Crippen LogP contribution in [-0.2, 0) is 0 Å². The normalized spacial score (nSPS) is 17.1. The molecule has 0 radical (unpaired) electrons. The van der Waals surface area contributed by atoms with Gasteiger partial charge in [0.05, 0.1) is 11.1 Å². The zero-order valence-electron chi connectivity index (χ0n) is 15.5. The average molecular weight is 342 g/mol. The molecule has 3 rings (SSSR count). The predicted octanol–water partition coefficient (Wildman–Crippen LogP) is 4.08. The minimum atomic E-state index is -0.467. The lowest BCUT2D eigenvalue weighted by Crippen LogP contribution is -2.51. The van der Waals surface area contributed by atoms with Gasteiger partial charge in [0.25, 0.3) is 0 Å². The van der Waals surface area contributed by atoms with Gasteiger partial charge in [-0.05, 0) is 76.2 Å². The van der Waals surface area contributed by atoms with Crippen molar-refractivity contribution in [1.29, 1.82) is 0 Å². The number of nitrogens with zero attached hydrogens (tertiary/aromatic N) is 2. The van der Waals surface area contributed by atoms with Gasteiger partial charge in [0.1, 0.15) is 0 Å². The lowest BCUT2D eigenvalue weighted by Gasteiger charge is -2.36. The largest absolute Gasteiger partial charge is 0.286 e. The molecule has 0 aliphatic carbocycles. The highest BCUT2D eigenvalue weighted by Crippen LogP contribution is 2.37. The maximum absolute atomic E-state index is 10.5.